The third-order valence-corrected chi connectivity index (χ3v) is 1.70. The maximum absolute atomic E-state index is 3.78. The van der Waals surface area contributed by atoms with E-state index in [1.807, 2.05) is 17.2 Å². The van der Waals surface area contributed by atoms with Gasteiger partial charge in [-0.05, 0) is 6.42 Å². The highest BCUT2D eigenvalue weighted by Gasteiger charge is 2.11. The highest BCUT2D eigenvalue weighted by molar-refractivity contribution is 5.54. The molecule has 0 fully saturated rings. The zero-order chi connectivity index (χ0) is 8.10. The van der Waals surface area contributed by atoms with E-state index in [9.17, 15) is 0 Å². The Kier molecular flexibility index (Phi) is 3.16. The zero-order valence-electron chi connectivity index (χ0n) is 7.17. The second-order valence-electron chi connectivity index (χ2n) is 2.67. The first-order valence-corrected chi connectivity index (χ1v) is 4.06. The van der Waals surface area contributed by atoms with Crippen LogP contribution in [-0.4, -0.2) is 30.1 Å². The summed E-state index contributed by atoms with van der Waals surface area (Å²) in [5.74, 6) is 0. The highest BCUT2D eigenvalue weighted by Crippen LogP contribution is 1.99. The van der Waals surface area contributed by atoms with E-state index in [1.54, 1.807) is 0 Å². The molecule has 0 unspecified atom stereocenters. The molecule has 0 aliphatic carbocycles. The molecule has 1 radical (unpaired) electrons. The second kappa shape index (κ2) is 4.18. The van der Waals surface area contributed by atoms with Gasteiger partial charge in [0, 0.05) is 13.6 Å². The first kappa shape index (κ1) is 8.33. The Balaban J connectivity index is 2.08. The number of rotatable bonds is 4. The van der Waals surface area contributed by atoms with Gasteiger partial charge in [0.25, 0.3) is 0 Å². The fourth-order valence-electron chi connectivity index (χ4n) is 0.985. The average Bonchev–Trinajstić information content (AvgIpc) is 2.37. The van der Waals surface area contributed by atoms with E-state index in [4.69, 9.17) is 0 Å². The van der Waals surface area contributed by atoms with Crippen LogP contribution >= 0.6 is 0 Å². The standard InChI is InChI=1S/C7H15N4/c1-3-4-5-6-11-9-8-7-10(11)2/h9H,3-6H2,1-2H3. The lowest BCUT2D eigenvalue weighted by Gasteiger charge is -2.21. The van der Waals surface area contributed by atoms with Crippen molar-refractivity contribution >= 4 is 6.34 Å². The topological polar surface area (TPSA) is 30.9 Å². The molecule has 1 heterocycles. The molecule has 11 heavy (non-hydrogen) atoms. The summed E-state index contributed by atoms with van der Waals surface area (Å²) in [6.07, 6.45) is 6.49. The summed E-state index contributed by atoms with van der Waals surface area (Å²) >= 11 is 0. The summed E-state index contributed by atoms with van der Waals surface area (Å²) in [7, 11) is 1.93. The Morgan fingerprint density at radius 3 is 2.82 bits per heavy atom. The Morgan fingerprint density at radius 2 is 2.27 bits per heavy atom. The highest BCUT2D eigenvalue weighted by atomic mass is 15.9. The van der Waals surface area contributed by atoms with E-state index >= 15 is 0 Å². The van der Waals surface area contributed by atoms with E-state index < -0.39 is 0 Å². The number of unbranched alkanes of at least 4 members (excludes halogenated alkanes) is 2. The second-order valence-corrected chi connectivity index (χ2v) is 2.67. The summed E-state index contributed by atoms with van der Waals surface area (Å²) in [4.78, 5) is 0. The summed E-state index contributed by atoms with van der Waals surface area (Å²) < 4.78 is 0. The van der Waals surface area contributed by atoms with Crippen molar-refractivity contribution in [3.05, 3.63) is 0 Å². The van der Waals surface area contributed by atoms with Gasteiger partial charge >= 0.3 is 0 Å². The van der Waals surface area contributed by atoms with Crippen LogP contribution in [-0.2, 0) is 0 Å². The fraction of sp³-hybridized carbons (Fsp3) is 0.857. The molecule has 0 saturated heterocycles. The molecule has 63 valence electrons. The molecule has 0 aromatic rings. The first-order chi connectivity index (χ1) is 5.34. The third kappa shape index (κ3) is 2.38. The van der Waals surface area contributed by atoms with Crippen LogP contribution in [0.4, 0.5) is 0 Å². The maximum atomic E-state index is 3.78. The maximum Gasteiger partial charge on any atom is 0.211 e. The Hall–Kier alpha value is -0.770. The molecule has 0 aromatic carbocycles. The van der Waals surface area contributed by atoms with Crippen molar-refractivity contribution in [1.29, 1.82) is 0 Å². The number of hydrogen-bond donors (Lipinski definition) is 1. The summed E-state index contributed by atoms with van der Waals surface area (Å²) in [6.45, 7) is 3.20. The van der Waals surface area contributed by atoms with E-state index in [1.165, 1.54) is 19.3 Å². The molecule has 1 rings (SSSR count). The van der Waals surface area contributed by atoms with Gasteiger partial charge in [-0.2, -0.15) is 0 Å². The fourth-order valence-corrected chi connectivity index (χ4v) is 0.985. The van der Waals surface area contributed by atoms with E-state index in [0.717, 1.165) is 6.54 Å². The minimum atomic E-state index is 1.00. The van der Waals surface area contributed by atoms with Crippen molar-refractivity contribution in [1.82, 2.24) is 15.7 Å². The smallest absolute Gasteiger partial charge is 0.211 e. The number of hydrazone groups is 1. The largest absolute Gasteiger partial charge is 0.269 e. The molecule has 0 spiro atoms. The van der Waals surface area contributed by atoms with E-state index in [-0.39, 0.29) is 0 Å². The Morgan fingerprint density at radius 1 is 1.45 bits per heavy atom. The van der Waals surface area contributed by atoms with Gasteiger partial charge in [-0.3, -0.25) is 5.01 Å². The van der Waals surface area contributed by atoms with Gasteiger partial charge in [0.1, 0.15) is 0 Å². The summed E-state index contributed by atoms with van der Waals surface area (Å²) in [6, 6.07) is 0. The number of nitrogens with zero attached hydrogens (tertiary/aromatic N) is 3. The molecular formula is C7H15N4. The van der Waals surface area contributed by atoms with Gasteiger partial charge in [-0.15, -0.1) is 10.2 Å². The van der Waals surface area contributed by atoms with Crippen molar-refractivity contribution in [3.8, 4) is 0 Å². The lowest BCUT2D eigenvalue weighted by atomic mass is 10.2. The minimum absolute atomic E-state index is 1.00. The van der Waals surface area contributed by atoms with Crippen LogP contribution in [0.3, 0.4) is 0 Å². The first-order valence-electron chi connectivity index (χ1n) is 4.06. The van der Waals surface area contributed by atoms with Gasteiger partial charge in [0.2, 0.25) is 6.34 Å². The normalized spacial score (nSPS) is 17.5. The van der Waals surface area contributed by atoms with Crippen molar-refractivity contribution in [2.45, 2.75) is 26.2 Å². The molecule has 1 N–H and O–H groups in total. The number of hydrogen-bond acceptors (Lipinski definition) is 4. The summed E-state index contributed by atoms with van der Waals surface area (Å²) in [5, 5.41) is 7.55. The molecule has 1 aliphatic heterocycles. The number of hydrazine groups is 2. The number of nitrogens with one attached hydrogen (secondary N) is 1. The van der Waals surface area contributed by atoms with Crippen molar-refractivity contribution < 1.29 is 0 Å². The molecule has 0 aromatic heterocycles. The van der Waals surface area contributed by atoms with Crippen LogP contribution in [0.5, 0.6) is 0 Å². The van der Waals surface area contributed by atoms with Crippen molar-refractivity contribution in [2.24, 2.45) is 5.10 Å². The van der Waals surface area contributed by atoms with Crippen LogP contribution < -0.4 is 5.53 Å². The molecule has 0 amide bonds. The monoisotopic (exact) mass is 155 g/mol. The van der Waals surface area contributed by atoms with Gasteiger partial charge in [-0.1, -0.05) is 19.8 Å². The molecule has 0 saturated carbocycles. The predicted molar refractivity (Wildman–Crippen MR) is 44.6 cm³/mol. The van der Waals surface area contributed by atoms with E-state index in [0.29, 0.717) is 0 Å². The lowest BCUT2D eigenvalue weighted by molar-refractivity contribution is 0.0382. The van der Waals surface area contributed by atoms with Gasteiger partial charge in [0.15, 0.2) is 0 Å². The summed E-state index contributed by atoms with van der Waals surface area (Å²) in [5.41, 5.74) is 2.84. The molecule has 4 nitrogen and oxygen atoms in total. The lowest BCUT2D eigenvalue weighted by Crippen LogP contribution is -2.40. The SMILES string of the molecule is CCCCCN1NN=[C]N1C. The molecular weight excluding hydrogens is 140 g/mol. The van der Waals surface area contributed by atoms with Crippen LogP contribution in [0.25, 0.3) is 0 Å². The minimum Gasteiger partial charge on any atom is -0.269 e. The van der Waals surface area contributed by atoms with Gasteiger partial charge in [0.05, 0.1) is 0 Å². The Bertz CT molecular complexity index is 134. The van der Waals surface area contributed by atoms with Gasteiger partial charge < -0.3 is 0 Å². The van der Waals surface area contributed by atoms with Gasteiger partial charge in [-0.25, -0.2) is 5.53 Å². The van der Waals surface area contributed by atoms with Crippen LogP contribution in [0.1, 0.15) is 26.2 Å². The van der Waals surface area contributed by atoms with Crippen LogP contribution in [0.15, 0.2) is 5.10 Å². The van der Waals surface area contributed by atoms with Crippen LogP contribution in [0, 0.1) is 0 Å². The molecule has 4 heteroatoms. The van der Waals surface area contributed by atoms with E-state index in [2.05, 4.69) is 23.9 Å². The zero-order valence-corrected chi connectivity index (χ0v) is 7.17. The Labute approximate surface area is 67.8 Å². The van der Waals surface area contributed by atoms with Crippen LogP contribution in [0.2, 0.25) is 0 Å². The predicted octanol–water partition coefficient (Wildman–Crippen LogP) is 0.664. The quantitative estimate of drug-likeness (QED) is 0.605. The molecule has 0 bridgehead atoms. The van der Waals surface area contributed by atoms with Crippen molar-refractivity contribution in [3.63, 3.8) is 0 Å². The average molecular weight is 155 g/mol. The third-order valence-electron chi connectivity index (χ3n) is 1.70. The molecule has 1 aliphatic rings. The molecule has 0 atom stereocenters. The van der Waals surface area contributed by atoms with Crippen molar-refractivity contribution in [2.75, 3.05) is 13.6 Å².